The van der Waals surface area contributed by atoms with Crippen molar-refractivity contribution >= 4 is 0 Å². The Bertz CT molecular complexity index is 497. The van der Waals surface area contributed by atoms with Crippen molar-refractivity contribution in [2.75, 3.05) is 6.61 Å². The number of pyridine rings is 1. The third-order valence-corrected chi connectivity index (χ3v) is 2.79. The lowest BCUT2D eigenvalue weighted by molar-refractivity contribution is 0.262. The summed E-state index contributed by atoms with van der Waals surface area (Å²) in [6.45, 7) is 2.55. The van der Waals surface area contributed by atoms with E-state index >= 15 is 0 Å². The van der Waals surface area contributed by atoms with Crippen molar-refractivity contribution in [3.8, 4) is 5.75 Å². The summed E-state index contributed by atoms with van der Waals surface area (Å²) in [6, 6.07) is 11.6. The highest BCUT2D eigenvalue weighted by atomic mass is 16.5. The number of ether oxygens (including phenoxy) is 1. The number of aryl methyl sites for hydroxylation is 1. The molecule has 3 heteroatoms. The van der Waals surface area contributed by atoms with E-state index in [4.69, 9.17) is 4.74 Å². The molecular weight excluding hydrogens is 226 g/mol. The van der Waals surface area contributed by atoms with Crippen molar-refractivity contribution in [1.29, 1.82) is 0 Å². The minimum atomic E-state index is 0.000596. The molecule has 0 amide bonds. The fourth-order valence-corrected chi connectivity index (χ4v) is 1.85. The van der Waals surface area contributed by atoms with Crippen LogP contribution in [0.4, 0.5) is 0 Å². The maximum atomic E-state index is 9.27. The number of benzene rings is 1. The van der Waals surface area contributed by atoms with Gasteiger partial charge < -0.3 is 9.84 Å². The second kappa shape index (κ2) is 6.17. The van der Waals surface area contributed by atoms with Crippen LogP contribution in [0.3, 0.4) is 0 Å². The van der Waals surface area contributed by atoms with Gasteiger partial charge in [-0.2, -0.15) is 0 Å². The van der Waals surface area contributed by atoms with Crippen LogP contribution in [0.1, 0.15) is 16.8 Å². The third-order valence-electron chi connectivity index (χ3n) is 2.79. The summed E-state index contributed by atoms with van der Waals surface area (Å²) in [5.74, 6) is 0.788. The highest BCUT2D eigenvalue weighted by Crippen LogP contribution is 2.23. The molecule has 0 fully saturated rings. The molecule has 0 radical (unpaired) electrons. The molecule has 0 unspecified atom stereocenters. The molecule has 94 valence electrons. The van der Waals surface area contributed by atoms with Crippen LogP contribution in [0, 0.1) is 6.92 Å². The molecule has 0 spiro atoms. The van der Waals surface area contributed by atoms with Gasteiger partial charge in [0.15, 0.2) is 0 Å². The van der Waals surface area contributed by atoms with Crippen LogP contribution >= 0.6 is 0 Å². The molecule has 1 aromatic carbocycles. The van der Waals surface area contributed by atoms with E-state index in [0.717, 1.165) is 29.0 Å². The Labute approximate surface area is 107 Å². The summed E-state index contributed by atoms with van der Waals surface area (Å²) < 4.78 is 5.76. The minimum absolute atomic E-state index is 0.000596. The Hall–Kier alpha value is -1.87. The zero-order valence-electron chi connectivity index (χ0n) is 10.5. The summed E-state index contributed by atoms with van der Waals surface area (Å²) in [5, 5.41) is 9.27. The fraction of sp³-hybridized carbons (Fsp3) is 0.267. The number of hydrogen-bond donors (Lipinski definition) is 1. The SMILES string of the molecule is Cc1cccc(CO)c1OCCc1ccccn1. The van der Waals surface area contributed by atoms with Crippen LogP contribution in [0.2, 0.25) is 0 Å². The molecule has 2 aromatic rings. The zero-order chi connectivity index (χ0) is 12.8. The Morgan fingerprint density at radius 1 is 1.17 bits per heavy atom. The number of aliphatic hydroxyl groups is 1. The Morgan fingerprint density at radius 3 is 2.78 bits per heavy atom. The Morgan fingerprint density at radius 2 is 2.06 bits per heavy atom. The van der Waals surface area contributed by atoms with Crippen LogP contribution in [0.25, 0.3) is 0 Å². The van der Waals surface area contributed by atoms with Gasteiger partial charge in [0.1, 0.15) is 5.75 Å². The molecule has 1 heterocycles. The number of para-hydroxylation sites is 1. The van der Waals surface area contributed by atoms with E-state index in [-0.39, 0.29) is 6.61 Å². The van der Waals surface area contributed by atoms with E-state index in [1.165, 1.54) is 0 Å². The van der Waals surface area contributed by atoms with E-state index < -0.39 is 0 Å². The predicted octanol–water partition coefficient (Wildman–Crippen LogP) is 2.50. The monoisotopic (exact) mass is 243 g/mol. The molecule has 0 aliphatic rings. The fourth-order valence-electron chi connectivity index (χ4n) is 1.85. The van der Waals surface area contributed by atoms with Gasteiger partial charge in [0.05, 0.1) is 13.2 Å². The van der Waals surface area contributed by atoms with E-state index in [0.29, 0.717) is 6.61 Å². The van der Waals surface area contributed by atoms with Crippen LogP contribution in [0.15, 0.2) is 42.6 Å². The van der Waals surface area contributed by atoms with Gasteiger partial charge in [0, 0.05) is 23.9 Å². The summed E-state index contributed by atoms with van der Waals surface area (Å²) in [5.41, 5.74) is 2.88. The Kier molecular flexibility index (Phi) is 4.31. The van der Waals surface area contributed by atoms with Crippen LogP contribution in [-0.4, -0.2) is 16.7 Å². The molecule has 1 N–H and O–H groups in total. The Balaban J connectivity index is 1.98. The van der Waals surface area contributed by atoms with E-state index in [2.05, 4.69) is 4.98 Å². The summed E-state index contributed by atoms with van der Waals surface area (Å²) in [6.07, 6.45) is 2.54. The van der Waals surface area contributed by atoms with Crippen LogP contribution in [0.5, 0.6) is 5.75 Å². The second-order valence-electron chi connectivity index (χ2n) is 4.14. The molecule has 0 saturated heterocycles. The van der Waals surface area contributed by atoms with Gasteiger partial charge in [0.2, 0.25) is 0 Å². The van der Waals surface area contributed by atoms with Gasteiger partial charge in [-0.3, -0.25) is 4.98 Å². The first-order chi connectivity index (χ1) is 8.81. The lowest BCUT2D eigenvalue weighted by Crippen LogP contribution is -2.05. The lowest BCUT2D eigenvalue weighted by atomic mass is 10.1. The van der Waals surface area contributed by atoms with Crippen molar-refractivity contribution in [2.24, 2.45) is 0 Å². The molecule has 2 rings (SSSR count). The summed E-state index contributed by atoms with van der Waals surface area (Å²) in [7, 11) is 0. The average Bonchev–Trinajstić information content (AvgIpc) is 2.41. The van der Waals surface area contributed by atoms with Crippen LogP contribution in [-0.2, 0) is 13.0 Å². The number of aromatic nitrogens is 1. The van der Waals surface area contributed by atoms with Gasteiger partial charge in [-0.05, 0) is 24.6 Å². The number of nitrogens with zero attached hydrogens (tertiary/aromatic N) is 1. The normalized spacial score (nSPS) is 10.3. The maximum Gasteiger partial charge on any atom is 0.127 e. The van der Waals surface area contributed by atoms with Crippen molar-refractivity contribution in [3.05, 3.63) is 59.4 Å². The summed E-state index contributed by atoms with van der Waals surface area (Å²) >= 11 is 0. The quantitative estimate of drug-likeness (QED) is 0.877. The molecule has 1 aromatic heterocycles. The van der Waals surface area contributed by atoms with Crippen LogP contribution < -0.4 is 4.74 Å². The smallest absolute Gasteiger partial charge is 0.127 e. The first-order valence-electron chi connectivity index (χ1n) is 6.03. The highest BCUT2D eigenvalue weighted by Gasteiger charge is 2.06. The molecule has 3 nitrogen and oxygen atoms in total. The highest BCUT2D eigenvalue weighted by molar-refractivity contribution is 5.40. The molecule has 0 saturated carbocycles. The molecule has 0 aliphatic carbocycles. The minimum Gasteiger partial charge on any atom is -0.493 e. The largest absolute Gasteiger partial charge is 0.493 e. The maximum absolute atomic E-state index is 9.27. The van der Waals surface area contributed by atoms with Gasteiger partial charge in [-0.1, -0.05) is 24.3 Å². The first kappa shape index (κ1) is 12.6. The molecule has 18 heavy (non-hydrogen) atoms. The van der Waals surface area contributed by atoms with Gasteiger partial charge >= 0.3 is 0 Å². The number of aliphatic hydroxyl groups excluding tert-OH is 1. The van der Waals surface area contributed by atoms with Gasteiger partial charge in [0.25, 0.3) is 0 Å². The van der Waals surface area contributed by atoms with Crippen molar-refractivity contribution in [3.63, 3.8) is 0 Å². The topological polar surface area (TPSA) is 42.4 Å². The van der Waals surface area contributed by atoms with Crippen molar-refractivity contribution < 1.29 is 9.84 Å². The van der Waals surface area contributed by atoms with Crippen molar-refractivity contribution in [1.82, 2.24) is 4.98 Å². The molecular formula is C15H17NO2. The standard InChI is InChI=1S/C15H17NO2/c1-12-5-4-6-13(11-17)15(12)18-10-8-14-7-2-3-9-16-14/h2-7,9,17H,8,10-11H2,1H3. The van der Waals surface area contributed by atoms with Crippen molar-refractivity contribution in [2.45, 2.75) is 20.0 Å². The van der Waals surface area contributed by atoms with E-state index in [1.807, 2.05) is 43.3 Å². The first-order valence-corrected chi connectivity index (χ1v) is 6.03. The lowest BCUT2D eigenvalue weighted by Gasteiger charge is -2.12. The summed E-state index contributed by atoms with van der Waals surface area (Å²) in [4.78, 5) is 4.25. The van der Waals surface area contributed by atoms with Gasteiger partial charge in [-0.15, -0.1) is 0 Å². The number of rotatable bonds is 5. The van der Waals surface area contributed by atoms with E-state index in [9.17, 15) is 5.11 Å². The van der Waals surface area contributed by atoms with Gasteiger partial charge in [-0.25, -0.2) is 0 Å². The number of hydrogen-bond acceptors (Lipinski definition) is 3. The average molecular weight is 243 g/mol. The molecule has 0 bridgehead atoms. The van der Waals surface area contributed by atoms with E-state index in [1.54, 1.807) is 6.20 Å². The third kappa shape index (κ3) is 3.08. The molecule has 0 aliphatic heterocycles. The predicted molar refractivity (Wildman–Crippen MR) is 70.5 cm³/mol. The zero-order valence-corrected chi connectivity index (χ0v) is 10.5. The second-order valence-corrected chi connectivity index (χ2v) is 4.14. The molecule has 0 atom stereocenters.